The van der Waals surface area contributed by atoms with E-state index in [9.17, 15) is 4.79 Å². The zero-order chi connectivity index (χ0) is 15.7. The smallest absolute Gasteiger partial charge is 0.217 e. The van der Waals surface area contributed by atoms with Crippen molar-refractivity contribution in [1.82, 2.24) is 25.3 Å². The molecule has 0 saturated carbocycles. The van der Waals surface area contributed by atoms with Gasteiger partial charge in [0.1, 0.15) is 5.69 Å². The van der Waals surface area contributed by atoms with Crippen molar-refractivity contribution in [3.63, 3.8) is 0 Å². The molecule has 1 aromatic carbocycles. The van der Waals surface area contributed by atoms with Crippen LogP contribution >= 0.6 is 0 Å². The van der Waals surface area contributed by atoms with E-state index in [0.29, 0.717) is 0 Å². The average molecular weight is 297 g/mol. The molecule has 114 valence electrons. The summed E-state index contributed by atoms with van der Waals surface area (Å²) in [4.78, 5) is 26.4. The molecule has 0 aliphatic carbocycles. The van der Waals surface area contributed by atoms with Gasteiger partial charge in [0.2, 0.25) is 5.91 Å². The molecular formula is C16H19N5O. The third kappa shape index (κ3) is 2.47. The molecule has 1 unspecified atom stereocenters. The molecule has 0 aliphatic heterocycles. The van der Waals surface area contributed by atoms with Crippen LogP contribution < -0.4 is 5.32 Å². The number of amides is 1. The molecule has 6 heteroatoms. The Kier molecular flexibility index (Phi) is 3.44. The van der Waals surface area contributed by atoms with E-state index in [1.54, 1.807) is 19.4 Å². The van der Waals surface area contributed by atoms with Gasteiger partial charge in [-0.15, -0.1) is 0 Å². The van der Waals surface area contributed by atoms with Crippen molar-refractivity contribution in [3.8, 4) is 11.5 Å². The lowest BCUT2D eigenvalue weighted by Gasteiger charge is -2.29. The van der Waals surface area contributed by atoms with E-state index in [-0.39, 0.29) is 11.4 Å². The van der Waals surface area contributed by atoms with Gasteiger partial charge in [-0.1, -0.05) is 13.0 Å². The molecule has 1 amide bonds. The summed E-state index contributed by atoms with van der Waals surface area (Å²) in [5.74, 6) is 0.717. The second kappa shape index (κ2) is 5.29. The molecule has 0 saturated heterocycles. The number of fused-ring (bicyclic) bond motifs is 1. The fourth-order valence-corrected chi connectivity index (χ4v) is 2.62. The Balaban J connectivity index is 2.04. The maximum absolute atomic E-state index is 11.5. The van der Waals surface area contributed by atoms with Crippen LogP contribution in [0.2, 0.25) is 0 Å². The lowest BCUT2D eigenvalue weighted by atomic mass is 9.89. The van der Waals surface area contributed by atoms with Crippen LogP contribution in [0.15, 0.2) is 30.7 Å². The highest BCUT2D eigenvalue weighted by Gasteiger charge is 2.25. The highest BCUT2D eigenvalue weighted by atomic mass is 16.1. The number of hydrogen-bond acceptors (Lipinski definition) is 3. The van der Waals surface area contributed by atoms with Crippen LogP contribution in [0, 0.1) is 0 Å². The van der Waals surface area contributed by atoms with Gasteiger partial charge in [0, 0.05) is 6.92 Å². The molecule has 0 bridgehead atoms. The SMILES string of the molecule is CCC(C)(NC(C)=O)c1ccc2nc(-c3cnc[nH]3)[nH]c2c1. The number of aromatic nitrogens is 4. The summed E-state index contributed by atoms with van der Waals surface area (Å²) in [5.41, 5.74) is 3.33. The zero-order valence-corrected chi connectivity index (χ0v) is 12.9. The van der Waals surface area contributed by atoms with Crippen molar-refractivity contribution in [2.24, 2.45) is 0 Å². The maximum Gasteiger partial charge on any atom is 0.217 e. The minimum absolute atomic E-state index is 0.0350. The van der Waals surface area contributed by atoms with E-state index < -0.39 is 0 Å². The highest BCUT2D eigenvalue weighted by Crippen LogP contribution is 2.28. The Hall–Kier alpha value is -2.63. The van der Waals surface area contributed by atoms with E-state index in [1.165, 1.54) is 0 Å². The molecule has 1 atom stereocenters. The lowest BCUT2D eigenvalue weighted by Crippen LogP contribution is -2.41. The van der Waals surface area contributed by atoms with Gasteiger partial charge in [-0.2, -0.15) is 0 Å². The van der Waals surface area contributed by atoms with Gasteiger partial charge in [0.05, 0.1) is 29.1 Å². The molecule has 22 heavy (non-hydrogen) atoms. The van der Waals surface area contributed by atoms with Gasteiger partial charge in [0.25, 0.3) is 0 Å². The molecule has 0 spiro atoms. The van der Waals surface area contributed by atoms with Crippen LogP contribution in [0.1, 0.15) is 32.8 Å². The number of rotatable bonds is 4. The maximum atomic E-state index is 11.5. The van der Waals surface area contributed by atoms with Crippen molar-refractivity contribution in [2.45, 2.75) is 32.7 Å². The van der Waals surface area contributed by atoms with Gasteiger partial charge in [-0.3, -0.25) is 4.79 Å². The predicted molar refractivity (Wildman–Crippen MR) is 85.1 cm³/mol. The molecule has 2 heterocycles. The molecule has 0 fully saturated rings. The van der Waals surface area contributed by atoms with E-state index in [1.807, 2.05) is 25.1 Å². The van der Waals surface area contributed by atoms with Gasteiger partial charge >= 0.3 is 0 Å². The lowest BCUT2D eigenvalue weighted by molar-refractivity contribution is -0.120. The Morgan fingerprint density at radius 1 is 1.41 bits per heavy atom. The number of H-pyrrole nitrogens is 2. The summed E-state index contributed by atoms with van der Waals surface area (Å²) in [6.45, 7) is 5.63. The Morgan fingerprint density at radius 2 is 2.23 bits per heavy atom. The van der Waals surface area contributed by atoms with E-state index >= 15 is 0 Å². The molecule has 6 nitrogen and oxygen atoms in total. The van der Waals surface area contributed by atoms with Crippen LogP contribution in [-0.2, 0) is 10.3 Å². The fourth-order valence-electron chi connectivity index (χ4n) is 2.62. The minimum atomic E-state index is -0.390. The van der Waals surface area contributed by atoms with Crippen molar-refractivity contribution in [2.75, 3.05) is 0 Å². The monoisotopic (exact) mass is 297 g/mol. The number of hydrogen-bond donors (Lipinski definition) is 3. The Labute approximate surface area is 128 Å². The number of benzene rings is 1. The summed E-state index contributed by atoms with van der Waals surface area (Å²) >= 11 is 0. The van der Waals surface area contributed by atoms with Crippen molar-refractivity contribution >= 4 is 16.9 Å². The molecule has 3 rings (SSSR count). The van der Waals surface area contributed by atoms with E-state index in [2.05, 4.69) is 32.2 Å². The zero-order valence-electron chi connectivity index (χ0n) is 12.9. The normalized spacial score (nSPS) is 14.0. The number of carbonyl (C=O) groups is 1. The molecule has 3 aromatic rings. The topological polar surface area (TPSA) is 86.5 Å². The molecular weight excluding hydrogens is 278 g/mol. The molecule has 0 radical (unpaired) electrons. The second-order valence-electron chi connectivity index (χ2n) is 5.65. The van der Waals surface area contributed by atoms with Crippen LogP contribution in [-0.4, -0.2) is 25.8 Å². The number of imidazole rings is 2. The van der Waals surface area contributed by atoms with Gasteiger partial charge in [-0.05, 0) is 31.0 Å². The minimum Gasteiger partial charge on any atom is -0.347 e. The largest absolute Gasteiger partial charge is 0.347 e. The fraction of sp³-hybridized carbons (Fsp3) is 0.312. The first-order valence-corrected chi connectivity index (χ1v) is 7.29. The third-order valence-electron chi connectivity index (χ3n) is 4.03. The highest BCUT2D eigenvalue weighted by molar-refractivity contribution is 5.80. The van der Waals surface area contributed by atoms with Gasteiger partial charge in [0.15, 0.2) is 5.82 Å². The first kappa shape index (κ1) is 14.3. The van der Waals surface area contributed by atoms with Crippen LogP contribution in [0.5, 0.6) is 0 Å². The number of nitrogens with one attached hydrogen (secondary N) is 3. The molecule has 0 aliphatic rings. The van der Waals surface area contributed by atoms with Crippen molar-refractivity contribution in [3.05, 3.63) is 36.3 Å². The Morgan fingerprint density at radius 3 is 2.86 bits per heavy atom. The van der Waals surface area contributed by atoms with Crippen LogP contribution in [0.4, 0.5) is 0 Å². The molecule has 3 N–H and O–H groups in total. The second-order valence-corrected chi connectivity index (χ2v) is 5.65. The summed E-state index contributed by atoms with van der Waals surface area (Å²) in [6.07, 6.45) is 4.16. The summed E-state index contributed by atoms with van der Waals surface area (Å²) < 4.78 is 0. The quantitative estimate of drug-likeness (QED) is 0.692. The standard InChI is InChI=1S/C16H19N5O/c1-4-16(3,21-10(2)22)11-5-6-12-13(7-11)20-15(19-12)14-8-17-9-18-14/h5-9H,4H2,1-3H3,(H,17,18)(H,19,20)(H,21,22). The average Bonchev–Trinajstić information content (AvgIpc) is 3.14. The van der Waals surface area contributed by atoms with Gasteiger partial charge < -0.3 is 15.3 Å². The molecule has 2 aromatic heterocycles. The summed E-state index contributed by atoms with van der Waals surface area (Å²) in [7, 11) is 0. The first-order valence-electron chi connectivity index (χ1n) is 7.29. The summed E-state index contributed by atoms with van der Waals surface area (Å²) in [5, 5.41) is 3.03. The predicted octanol–water partition coefficient (Wildman–Crippen LogP) is 2.71. The third-order valence-corrected chi connectivity index (χ3v) is 4.03. The van der Waals surface area contributed by atoms with Crippen molar-refractivity contribution < 1.29 is 4.79 Å². The summed E-state index contributed by atoms with van der Waals surface area (Å²) in [6, 6.07) is 6.03. The van der Waals surface area contributed by atoms with Crippen molar-refractivity contribution in [1.29, 1.82) is 0 Å². The Bertz CT molecular complexity index is 805. The first-order chi connectivity index (χ1) is 10.5. The van der Waals surface area contributed by atoms with Crippen LogP contribution in [0.3, 0.4) is 0 Å². The van der Waals surface area contributed by atoms with E-state index in [0.717, 1.165) is 34.5 Å². The number of nitrogens with zero attached hydrogens (tertiary/aromatic N) is 2. The van der Waals surface area contributed by atoms with E-state index in [4.69, 9.17) is 0 Å². The van der Waals surface area contributed by atoms with Gasteiger partial charge in [-0.25, -0.2) is 9.97 Å². The number of carbonyl (C=O) groups excluding carboxylic acids is 1. The number of aromatic amines is 2. The van der Waals surface area contributed by atoms with Crippen LogP contribution in [0.25, 0.3) is 22.6 Å².